The second kappa shape index (κ2) is 5.27. The lowest BCUT2D eigenvalue weighted by Crippen LogP contribution is -2.05. The van der Waals surface area contributed by atoms with E-state index < -0.39 is 0 Å². The van der Waals surface area contributed by atoms with Crippen molar-refractivity contribution >= 4 is 23.2 Å². The number of nitrogens with one attached hydrogen (secondary N) is 2. The summed E-state index contributed by atoms with van der Waals surface area (Å²) < 4.78 is 0. The van der Waals surface area contributed by atoms with Crippen LogP contribution in [-0.4, -0.2) is 15.9 Å². The number of amides is 1. The topological polar surface area (TPSA) is 66.9 Å². The predicted molar refractivity (Wildman–Crippen MR) is 70.8 cm³/mol. The highest BCUT2D eigenvalue weighted by molar-refractivity contribution is 5.88. The van der Waals surface area contributed by atoms with E-state index in [0.717, 1.165) is 17.1 Å². The lowest BCUT2D eigenvalue weighted by molar-refractivity contribution is -0.114. The SMILES string of the molecule is CC(=O)Nc1ccc(Nc2nccc(C)n2)cc1. The summed E-state index contributed by atoms with van der Waals surface area (Å²) in [5, 5.41) is 5.80. The van der Waals surface area contributed by atoms with E-state index in [4.69, 9.17) is 0 Å². The third-order valence-electron chi connectivity index (χ3n) is 2.26. The Morgan fingerprint density at radius 1 is 1.11 bits per heavy atom. The van der Waals surface area contributed by atoms with E-state index in [9.17, 15) is 4.79 Å². The Balaban J connectivity index is 2.08. The maximum atomic E-state index is 10.9. The lowest BCUT2D eigenvalue weighted by atomic mass is 10.3. The van der Waals surface area contributed by atoms with E-state index in [1.165, 1.54) is 6.92 Å². The number of anilines is 3. The minimum absolute atomic E-state index is 0.0854. The standard InChI is InChI=1S/C13H14N4O/c1-9-7-8-14-13(15-9)17-12-5-3-11(4-6-12)16-10(2)18/h3-8H,1-2H3,(H,16,18)(H,14,15,17). The minimum atomic E-state index is -0.0854. The second-order valence-electron chi connectivity index (χ2n) is 3.91. The molecule has 0 bridgehead atoms. The average molecular weight is 242 g/mol. The maximum absolute atomic E-state index is 10.9. The highest BCUT2D eigenvalue weighted by Crippen LogP contribution is 2.16. The van der Waals surface area contributed by atoms with Gasteiger partial charge in [0.25, 0.3) is 0 Å². The minimum Gasteiger partial charge on any atom is -0.326 e. The molecule has 2 rings (SSSR count). The van der Waals surface area contributed by atoms with Crippen LogP contribution in [0.5, 0.6) is 0 Å². The monoisotopic (exact) mass is 242 g/mol. The maximum Gasteiger partial charge on any atom is 0.227 e. The van der Waals surface area contributed by atoms with E-state index in [1.807, 2.05) is 37.3 Å². The van der Waals surface area contributed by atoms with Gasteiger partial charge >= 0.3 is 0 Å². The van der Waals surface area contributed by atoms with Gasteiger partial charge in [0.05, 0.1) is 0 Å². The van der Waals surface area contributed by atoms with Crippen LogP contribution < -0.4 is 10.6 Å². The Labute approximate surface area is 105 Å². The highest BCUT2D eigenvalue weighted by Gasteiger charge is 1.99. The Bertz CT molecular complexity index is 551. The summed E-state index contributed by atoms with van der Waals surface area (Å²) in [6.07, 6.45) is 1.70. The van der Waals surface area contributed by atoms with E-state index in [2.05, 4.69) is 20.6 Å². The molecule has 2 N–H and O–H groups in total. The number of hydrogen-bond acceptors (Lipinski definition) is 4. The third kappa shape index (κ3) is 3.28. The number of nitrogens with zero attached hydrogens (tertiary/aromatic N) is 2. The zero-order valence-electron chi connectivity index (χ0n) is 10.3. The number of aryl methyl sites for hydroxylation is 1. The van der Waals surface area contributed by atoms with Gasteiger partial charge in [-0.15, -0.1) is 0 Å². The molecular weight excluding hydrogens is 228 g/mol. The van der Waals surface area contributed by atoms with Gasteiger partial charge in [-0.1, -0.05) is 0 Å². The van der Waals surface area contributed by atoms with Crippen molar-refractivity contribution in [3.8, 4) is 0 Å². The molecule has 1 amide bonds. The van der Waals surface area contributed by atoms with Crippen LogP contribution in [0.1, 0.15) is 12.6 Å². The molecule has 1 heterocycles. The fourth-order valence-corrected chi connectivity index (χ4v) is 1.48. The molecule has 0 saturated heterocycles. The van der Waals surface area contributed by atoms with E-state index >= 15 is 0 Å². The van der Waals surface area contributed by atoms with Crippen LogP contribution in [0.4, 0.5) is 17.3 Å². The zero-order valence-corrected chi connectivity index (χ0v) is 10.3. The molecule has 0 atom stereocenters. The van der Waals surface area contributed by atoms with Gasteiger partial charge in [0.1, 0.15) is 0 Å². The van der Waals surface area contributed by atoms with Crippen molar-refractivity contribution in [1.82, 2.24) is 9.97 Å². The molecular formula is C13H14N4O. The van der Waals surface area contributed by atoms with Gasteiger partial charge in [0.15, 0.2) is 0 Å². The normalized spacial score (nSPS) is 9.89. The Kier molecular flexibility index (Phi) is 3.52. The van der Waals surface area contributed by atoms with E-state index in [-0.39, 0.29) is 5.91 Å². The van der Waals surface area contributed by atoms with Crippen LogP contribution in [0.2, 0.25) is 0 Å². The van der Waals surface area contributed by atoms with Crippen molar-refractivity contribution in [2.75, 3.05) is 10.6 Å². The predicted octanol–water partition coefficient (Wildman–Crippen LogP) is 2.49. The van der Waals surface area contributed by atoms with E-state index in [0.29, 0.717) is 5.95 Å². The van der Waals surface area contributed by atoms with Crippen LogP contribution in [0.25, 0.3) is 0 Å². The van der Waals surface area contributed by atoms with Gasteiger partial charge in [-0.05, 0) is 37.3 Å². The van der Waals surface area contributed by atoms with Gasteiger partial charge in [-0.2, -0.15) is 0 Å². The molecule has 5 nitrogen and oxygen atoms in total. The van der Waals surface area contributed by atoms with Crippen molar-refractivity contribution in [1.29, 1.82) is 0 Å². The summed E-state index contributed by atoms with van der Waals surface area (Å²) in [4.78, 5) is 19.2. The Morgan fingerprint density at radius 2 is 1.78 bits per heavy atom. The summed E-state index contributed by atoms with van der Waals surface area (Å²) in [7, 11) is 0. The molecule has 0 aliphatic carbocycles. The van der Waals surface area contributed by atoms with Gasteiger partial charge in [0, 0.05) is 30.2 Å². The Hall–Kier alpha value is -2.43. The second-order valence-corrected chi connectivity index (χ2v) is 3.91. The fraction of sp³-hybridized carbons (Fsp3) is 0.154. The van der Waals surface area contributed by atoms with Crippen LogP contribution in [0.3, 0.4) is 0 Å². The van der Waals surface area contributed by atoms with Crippen LogP contribution in [-0.2, 0) is 4.79 Å². The number of benzene rings is 1. The van der Waals surface area contributed by atoms with Crippen molar-refractivity contribution in [2.24, 2.45) is 0 Å². The molecule has 92 valence electrons. The van der Waals surface area contributed by atoms with Crippen LogP contribution >= 0.6 is 0 Å². The molecule has 0 saturated carbocycles. The first-order valence-corrected chi connectivity index (χ1v) is 5.58. The molecule has 0 aliphatic rings. The molecule has 1 aromatic heterocycles. The first kappa shape index (κ1) is 12.0. The van der Waals surface area contributed by atoms with Crippen molar-refractivity contribution in [2.45, 2.75) is 13.8 Å². The molecule has 1 aromatic carbocycles. The number of rotatable bonds is 3. The van der Waals surface area contributed by atoms with Crippen molar-refractivity contribution < 1.29 is 4.79 Å². The Morgan fingerprint density at radius 3 is 2.39 bits per heavy atom. The molecule has 5 heteroatoms. The average Bonchev–Trinajstić information content (AvgIpc) is 2.31. The largest absolute Gasteiger partial charge is 0.326 e. The molecule has 18 heavy (non-hydrogen) atoms. The fourth-order valence-electron chi connectivity index (χ4n) is 1.48. The molecule has 0 unspecified atom stereocenters. The van der Waals surface area contributed by atoms with Crippen LogP contribution in [0.15, 0.2) is 36.5 Å². The number of aromatic nitrogens is 2. The molecule has 0 radical (unpaired) electrons. The first-order valence-electron chi connectivity index (χ1n) is 5.58. The van der Waals surface area contributed by atoms with Crippen molar-refractivity contribution in [3.05, 3.63) is 42.2 Å². The van der Waals surface area contributed by atoms with Gasteiger partial charge < -0.3 is 10.6 Å². The summed E-state index contributed by atoms with van der Waals surface area (Å²) in [5.74, 6) is 0.472. The summed E-state index contributed by atoms with van der Waals surface area (Å²) in [6, 6.07) is 9.19. The first-order chi connectivity index (χ1) is 8.63. The van der Waals surface area contributed by atoms with Gasteiger partial charge in [0.2, 0.25) is 11.9 Å². The van der Waals surface area contributed by atoms with Gasteiger partial charge in [-0.3, -0.25) is 4.79 Å². The number of hydrogen-bond donors (Lipinski definition) is 2. The zero-order chi connectivity index (χ0) is 13.0. The van der Waals surface area contributed by atoms with Crippen LogP contribution in [0, 0.1) is 6.92 Å². The highest BCUT2D eigenvalue weighted by atomic mass is 16.1. The number of carbonyl (C=O) groups is 1. The quantitative estimate of drug-likeness (QED) is 0.867. The van der Waals surface area contributed by atoms with E-state index in [1.54, 1.807) is 6.20 Å². The number of carbonyl (C=O) groups excluding carboxylic acids is 1. The summed E-state index contributed by atoms with van der Waals surface area (Å²) in [5.41, 5.74) is 2.54. The summed E-state index contributed by atoms with van der Waals surface area (Å²) >= 11 is 0. The summed E-state index contributed by atoms with van der Waals surface area (Å²) in [6.45, 7) is 3.39. The lowest BCUT2D eigenvalue weighted by Gasteiger charge is -2.06. The van der Waals surface area contributed by atoms with Gasteiger partial charge in [-0.25, -0.2) is 9.97 Å². The smallest absolute Gasteiger partial charge is 0.227 e. The molecule has 0 fully saturated rings. The molecule has 2 aromatic rings. The molecule has 0 spiro atoms. The third-order valence-corrected chi connectivity index (χ3v) is 2.26. The molecule has 0 aliphatic heterocycles. The van der Waals surface area contributed by atoms with Crippen molar-refractivity contribution in [3.63, 3.8) is 0 Å².